The minimum Gasteiger partial charge on any atom is -0.316 e. The SMILES string of the molecule is C=C=C/C(=C/C=C\CC)C(C)c1cn(-c2ccccc2)c2ccc(C)cc12. The van der Waals surface area contributed by atoms with Crippen molar-refractivity contribution in [2.75, 3.05) is 0 Å². The first-order valence-electron chi connectivity index (χ1n) is 9.55. The van der Waals surface area contributed by atoms with Crippen molar-refractivity contribution in [1.29, 1.82) is 0 Å². The van der Waals surface area contributed by atoms with Crippen LogP contribution in [0.25, 0.3) is 16.6 Å². The number of aryl methyl sites for hydroxylation is 1. The number of rotatable bonds is 6. The molecular formula is C26H27N. The highest BCUT2D eigenvalue weighted by atomic mass is 15.0. The molecule has 3 rings (SSSR count). The summed E-state index contributed by atoms with van der Waals surface area (Å²) in [4.78, 5) is 0. The van der Waals surface area contributed by atoms with Crippen LogP contribution in [0.2, 0.25) is 0 Å². The van der Waals surface area contributed by atoms with Crippen molar-refractivity contribution in [3.8, 4) is 5.69 Å². The molecule has 1 heterocycles. The number of hydrogen-bond acceptors (Lipinski definition) is 0. The molecule has 0 aliphatic rings. The van der Waals surface area contributed by atoms with E-state index in [0.717, 1.165) is 6.42 Å². The third-order valence-corrected chi connectivity index (χ3v) is 4.92. The van der Waals surface area contributed by atoms with E-state index in [1.54, 1.807) is 0 Å². The molecule has 0 fully saturated rings. The Morgan fingerprint density at radius 3 is 2.67 bits per heavy atom. The molecule has 136 valence electrons. The van der Waals surface area contributed by atoms with Gasteiger partial charge in [-0.15, -0.1) is 5.73 Å². The second-order valence-corrected chi connectivity index (χ2v) is 6.88. The van der Waals surface area contributed by atoms with E-state index in [1.165, 1.54) is 33.3 Å². The summed E-state index contributed by atoms with van der Waals surface area (Å²) in [6, 6.07) is 17.2. The predicted molar refractivity (Wildman–Crippen MR) is 118 cm³/mol. The van der Waals surface area contributed by atoms with Crippen molar-refractivity contribution < 1.29 is 0 Å². The molecule has 0 radical (unpaired) electrons. The van der Waals surface area contributed by atoms with Crippen LogP contribution in [0.5, 0.6) is 0 Å². The van der Waals surface area contributed by atoms with Crippen molar-refractivity contribution in [2.24, 2.45) is 0 Å². The lowest BCUT2D eigenvalue weighted by atomic mass is 9.91. The van der Waals surface area contributed by atoms with Crippen molar-refractivity contribution in [3.63, 3.8) is 0 Å². The molecule has 3 aromatic rings. The van der Waals surface area contributed by atoms with Crippen molar-refractivity contribution >= 4 is 10.9 Å². The lowest BCUT2D eigenvalue weighted by Crippen LogP contribution is -1.96. The Morgan fingerprint density at radius 2 is 1.96 bits per heavy atom. The Balaban J connectivity index is 2.18. The molecule has 1 atom stereocenters. The van der Waals surface area contributed by atoms with Gasteiger partial charge in [0.1, 0.15) is 0 Å². The van der Waals surface area contributed by atoms with Crippen LogP contribution in [0.4, 0.5) is 0 Å². The zero-order valence-corrected chi connectivity index (χ0v) is 16.4. The molecule has 0 amide bonds. The van der Waals surface area contributed by atoms with Gasteiger partial charge in [-0.05, 0) is 54.8 Å². The number of aromatic nitrogens is 1. The molecule has 0 N–H and O–H groups in total. The van der Waals surface area contributed by atoms with E-state index >= 15 is 0 Å². The van der Waals surface area contributed by atoms with Gasteiger partial charge in [-0.25, -0.2) is 0 Å². The first-order chi connectivity index (χ1) is 13.2. The van der Waals surface area contributed by atoms with E-state index in [4.69, 9.17) is 0 Å². The molecule has 0 saturated carbocycles. The van der Waals surface area contributed by atoms with Gasteiger partial charge in [0, 0.05) is 23.2 Å². The second kappa shape index (κ2) is 8.58. The topological polar surface area (TPSA) is 4.93 Å². The number of para-hydroxylation sites is 1. The average molecular weight is 354 g/mol. The Labute approximate surface area is 162 Å². The zero-order valence-electron chi connectivity index (χ0n) is 16.4. The highest BCUT2D eigenvalue weighted by Gasteiger charge is 2.17. The quantitative estimate of drug-likeness (QED) is 0.324. The molecule has 0 aliphatic heterocycles. The molecule has 1 unspecified atom stereocenters. The van der Waals surface area contributed by atoms with Gasteiger partial charge in [0.25, 0.3) is 0 Å². The maximum atomic E-state index is 3.78. The lowest BCUT2D eigenvalue weighted by Gasteiger charge is -2.12. The van der Waals surface area contributed by atoms with E-state index in [9.17, 15) is 0 Å². The van der Waals surface area contributed by atoms with Gasteiger partial charge in [0.15, 0.2) is 0 Å². The highest BCUT2D eigenvalue weighted by molar-refractivity contribution is 5.87. The van der Waals surface area contributed by atoms with Crippen molar-refractivity contribution in [1.82, 2.24) is 4.57 Å². The summed E-state index contributed by atoms with van der Waals surface area (Å²) in [5, 5.41) is 1.30. The summed E-state index contributed by atoms with van der Waals surface area (Å²) in [5.74, 6) is 0.245. The van der Waals surface area contributed by atoms with Gasteiger partial charge < -0.3 is 4.57 Å². The second-order valence-electron chi connectivity index (χ2n) is 6.88. The minimum atomic E-state index is 0.245. The van der Waals surface area contributed by atoms with E-state index < -0.39 is 0 Å². The monoisotopic (exact) mass is 353 g/mol. The number of hydrogen-bond donors (Lipinski definition) is 0. The fourth-order valence-electron chi connectivity index (χ4n) is 3.45. The van der Waals surface area contributed by atoms with Crippen molar-refractivity contribution in [3.05, 3.63) is 108 Å². The summed E-state index contributed by atoms with van der Waals surface area (Å²) in [7, 11) is 0. The van der Waals surface area contributed by atoms with Gasteiger partial charge in [0.2, 0.25) is 0 Å². The van der Waals surface area contributed by atoms with Crippen LogP contribution in [-0.2, 0) is 0 Å². The molecule has 1 aromatic heterocycles. The van der Waals surface area contributed by atoms with E-state index in [2.05, 4.69) is 111 Å². The van der Waals surface area contributed by atoms with Gasteiger partial charge in [-0.3, -0.25) is 0 Å². The smallest absolute Gasteiger partial charge is 0.0531 e. The normalized spacial score (nSPS) is 13.1. The van der Waals surface area contributed by atoms with Crippen molar-refractivity contribution in [2.45, 2.75) is 33.1 Å². The minimum absolute atomic E-state index is 0.245. The van der Waals surface area contributed by atoms with Crippen LogP contribution in [0.3, 0.4) is 0 Å². The summed E-state index contributed by atoms with van der Waals surface area (Å²) in [6.45, 7) is 10.3. The van der Waals surface area contributed by atoms with Crippen LogP contribution >= 0.6 is 0 Å². The number of allylic oxidation sites excluding steroid dienone is 5. The van der Waals surface area contributed by atoms with Crippen LogP contribution in [0.1, 0.15) is 37.3 Å². The number of fused-ring (bicyclic) bond motifs is 1. The van der Waals surface area contributed by atoms with Crippen LogP contribution in [0, 0.1) is 6.92 Å². The summed E-state index contributed by atoms with van der Waals surface area (Å²) in [6.07, 6.45) is 11.8. The van der Waals surface area contributed by atoms with Gasteiger partial charge in [0.05, 0.1) is 5.52 Å². The first-order valence-corrected chi connectivity index (χ1v) is 9.55. The molecule has 0 aliphatic carbocycles. The molecule has 27 heavy (non-hydrogen) atoms. The average Bonchev–Trinajstić information content (AvgIpc) is 3.06. The Hall–Kier alpha value is -3.02. The van der Waals surface area contributed by atoms with E-state index in [-0.39, 0.29) is 5.92 Å². The Bertz CT molecular complexity index is 1020. The van der Waals surface area contributed by atoms with E-state index in [1.807, 2.05) is 6.08 Å². The van der Waals surface area contributed by atoms with E-state index in [0.29, 0.717) is 0 Å². The molecule has 1 nitrogen and oxygen atoms in total. The molecule has 0 spiro atoms. The third-order valence-electron chi connectivity index (χ3n) is 4.92. The molecule has 0 bridgehead atoms. The van der Waals surface area contributed by atoms with Gasteiger partial charge in [-0.1, -0.05) is 68.5 Å². The standard InChI is InChI=1S/C26H27N/c1-5-7-9-13-22(12-6-2)21(4)25-19-27(23-14-10-8-11-15-23)26-17-16-20(3)18-24(25)26/h7-19,21H,2,5H2,1,3-4H3/b9-7-,22-13-. The number of nitrogens with zero attached hydrogens (tertiary/aromatic N) is 1. The first kappa shape index (κ1) is 18.8. The van der Waals surface area contributed by atoms with Crippen LogP contribution in [0.15, 0.2) is 96.9 Å². The lowest BCUT2D eigenvalue weighted by molar-refractivity contribution is 0.923. The maximum Gasteiger partial charge on any atom is 0.0531 e. The van der Waals surface area contributed by atoms with Gasteiger partial charge >= 0.3 is 0 Å². The maximum absolute atomic E-state index is 3.78. The Morgan fingerprint density at radius 1 is 1.19 bits per heavy atom. The third kappa shape index (κ3) is 4.05. The predicted octanol–water partition coefficient (Wildman–Crippen LogP) is 7.28. The van der Waals surface area contributed by atoms with Crippen LogP contribution in [-0.4, -0.2) is 4.57 Å². The fraction of sp³-hybridized carbons (Fsp3) is 0.192. The van der Waals surface area contributed by atoms with Crippen LogP contribution < -0.4 is 0 Å². The molecule has 1 heteroatoms. The Kier molecular flexibility index (Phi) is 5.96. The highest BCUT2D eigenvalue weighted by Crippen LogP contribution is 2.34. The molecule has 0 saturated heterocycles. The summed E-state index contributed by atoms with van der Waals surface area (Å²) < 4.78 is 2.29. The fourth-order valence-corrected chi connectivity index (χ4v) is 3.45. The largest absolute Gasteiger partial charge is 0.316 e. The van der Waals surface area contributed by atoms with Gasteiger partial charge in [-0.2, -0.15) is 0 Å². The molecule has 2 aromatic carbocycles. The summed E-state index contributed by atoms with van der Waals surface area (Å²) in [5.41, 5.74) is 9.18. The number of benzene rings is 2. The summed E-state index contributed by atoms with van der Waals surface area (Å²) >= 11 is 0. The molecular weight excluding hydrogens is 326 g/mol. The zero-order chi connectivity index (χ0) is 19.2.